The number of thiophene rings is 1. The van der Waals surface area contributed by atoms with Gasteiger partial charge in [-0.2, -0.15) is 0 Å². The first-order valence-electron chi connectivity index (χ1n) is 7.80. The van der Waals surface area contributed by atoms with E-state index in [1.54, 1.807) is 0 Å². The highest BCUT2D eigenvalue weighted by Crippen LogP contribution is 2.27. The average molecular weight is 301 g/mol. The molecule has 0 saturated carbocycles. The Balaban J connectivity index is 1.62. The lowest BCUT2D eigenvalue weighted by Crippen LogP contribution is -2.30. The molecule has 21 heavy (non-hydrogen) atoms. The molecule has 112 valence electrons. The van der Waals surface area contributed by atoms with Gasteiger partial charge in [0.15, 0.2) is 0 Å². The molecule has 0 atom stereocenters. The van der Waals surface area contributed by atoms with Gasteiger partial charge in [0.25, 0.3) is 0 Å². The van der Waals surface area contributed by atoms with Gasteiger partial charge in [0.2, 0.25) is 0 Å². The minimum atomic E-state index is 1.08. The largest absolute Gasteiger partial charge is 0.302 e. The summed E-state index contributed by atoms with van der Waals surface area (Å²) in [6, 6.07) is 10.6. The van der Waals surface area contributed by atoms with Gasteiger partial charge in [0.05, 0.1) is 10.6 Å². The minimum Gasteiger partial charge on any atom is -0.302 e. The smallest absolute Gasteiger partial charge is 0.0801 e. The highest BCUT2D eigenvalue weighted by Gasteiger charge is 2.14. The second-order valence-corrected chi connectivity index (χ2v) is 6.71. The van der Waals surface area contributed by atoms with E-state index in [0.29, 0.717) is 0 Å². The first kappa shape index (κ1) is 14.7. The van der Waals surface area contributed by atoms with Crippen LogP contribution in [0.5, 0.6) is 0 Å². The maximum Gasteiger partial charge on any atom is 0.0801 e. The Morgan fingerprint density at radius 3 is 2.71 bits per heavy atom. The van der Waals surface area contributed by atoms with Gasteiger partial charge in [0, 0.05) is 30.7 Å². The number of pyridine rings is 1. The molecule has 4 heteroatoms. The molecule has 0 radical (unpaired) electrons. The molecule has 1 aliphatic heterocycles. The molecule has 0 spiro atoms. The molecular formula is C17H23N3S. The van der Waals surface area contributed by atoms with Crippen LogP contribution in [0.2, 0.25) is 0 Å². The summed E-state index contributed by atoms with van der Waals surface area (Å²) in [4.78, 5) is 12.3. The van der Waals surface area contributed by atoms with Crippen molar-refractivity contribution in [2.45, 2.75) is 19.9 Å². The number of rotatable bonds is 4. The van der Waals surface area contributed by atoms with E-state index in [1.807, 2.05) is 23.6 Å². The summed E-state index contributed by atoms with van der Waals surface area (Å²) in [5, 5.41) is 0. The van der Waals surface area contributed by atoms with Crippen molar-refractivity contribution in [1.82, 2.24) is 14.8 Å². The van der Waals surface area contributed by atoms with E-state index in [0.717, 1.165) is 12.2 Å². The van der Waals surface area contributed by atoms with Crippen LogP contribution in [0.4, 0.5) is 0 Å². The van der Waals surface area contributed by atoms with Crippen molar-refractivity contribution in [3.63, 3.8) is 0 Å². The van der Waals surface area contributed by atoms with Gasteiger partial charge >= 0.3 is 0 Å². The summed E-state index contributed by atoms with van der Waals surface area (Å²) in [5.74, 6) is 0. The van der Waals surface area contributed by atoms with Crippen LogP contribution >= 0.6 is 11.3 Å². The lowest BCUT2D eigenvalue weighted by atomic mass is 10.3. The van der Waals surface area contributed by atoms with Gasteiger partial charge in [-0.05, 0) is 50.3 Å². The fourth-order valence-electron chi connectivity index (χ4n) is 2.83. The van der Waals surface area contributed by atoms with Crippen LogP contribution in [0, 0.1) is 0 Å². The molecule has 0 N–H and O–H groups in total. The van der Waals surface area contributed by atoms with E-state index >= 15 is 0 Å². The van der Waals surface area contributed by atoms with Crippen LogP contribution in [0.25, 0.3) is 10.6 Å². The second-order valence-electron chi connectivity index (χ2n) is 5.54. The topological polar surface area (TPSA) is 19.4 Å². The molecule has 3 nitrogen and oxygen atoms in total. The molecule has 0 unspecified atom stereocenters. The summed E-state index contributed by atoms with van der Waals surface area (Å²) in [7, 11) is 0. The zero-order valence-electron chi connectivity index (χ0n) is 12.7. The van der Waals surface area contributed by atoms with Crippen molar-refractivity contribution in [3.05, 3.63) is 41.4 Å². The molecule has 3 heterocycles. The van der Waals surface area contributed by atoms with Crippen LogP contribution in [0.15, 0.2) is 36.5 Å². The Morgan fingerprint density at radius 1 is 1.05 bits per heavy atom. The Bertz CT molecular complexity index is 552. The van der Waals surface area contributed by atoms with Crippen LogP contribution in [-0.2, 0) is 6.54 Å². The number of hydrogen-bond donors (Lipinski definition) is 0. The third kappa shape index (κ3) is 3.90. The highest BCUT2D eigenvalue weighted by atomic mass is 32.1. The Kier molecular flexibility index (Phi) is 5.01. The van der Waals surface area contributed by atoms with Crippen LogP contribution in [0.1, 0.15) is 18.2 Å². The van der Waals surface area contributed by atoms with Crippen molar-refractivity contribution in [2.24, 2.45) is 0 Å². The predicted molar refractivity (Wildman–Crippen MR) is 89.6 cm³/mol. The molecule has 1 fully saturated rings. The third-order valence-corrected chi connectivity index (χ3v) is 5.18. The molecule has 0 aromatic carbocycles. The molecule has 1 aliphatic rings. The Hall–Kier alpha value is -1.23. The van der Waals surface area contributed by atoms with E-state index < -0.39 is 0 Å². The summed E-state index contributed by atoms with van der Waals surface area (Å²) in [6.07, 6.45) is 3.15. The SMILES string of the molecule is CCN1CCCN(Cc2ccc(-c3ccccn3)s2)CC1. The number of likely N-dealkylation sites (N-methyl/N-ethyl adjacent to an activating group) is 1. The van der Waals surface area contributed by atoms with E-state index in [2.05, 4.69) is 46.0 Å². The van der Waals surface area contributed by atoms with Gasteiger partial charge < -0.3 is 4.90 Å². The summed E-state index contributed by atoms with van der Waals surface area (Å²) in [6.45, 7) is 9.36. The first-order chi connectivity index (χ1) is 10.3. The van der Waals surface area contributed by atoms with Gasteiger partial charge in [-0.1, -0.05) is 13.0 Å². The number of aromatic nitrogens is 1. The standard InChI is InChI=1S/C17H23N3S/c1-2-19-10-5-11-20(13-12-19)14-15-7-8-17(21-15)16-6-3-4-9-18-16/h3-4,6-9H,2,5,10-14H2,1H3. The fourth-order valence-corrected chi connectivity index (χ4v) is 3.86. The molecule has 0 amide bonds. The molecule has 2 aromatic heterocycles. The molecule has 1 saturated heterocycles. The van der Waals surface area contributed by atoms with E-state index in [1.165, 1.54) is 48.9 Å². The summed E-state index contributed by atoms with van der Waals surface area (Å²) in [5.41, 5.74) is 1.08. The highest BCUT2D eigenvalue weighted by molar-refractivity contribution is 7.15. The minimum absolute atomic E-state index is 1.08. The molecule has 3 rings (SSSR count). The Morgan fingerprint density at radius 2 is 1.90 bits per heavy atom. The van der Waals surface area contributed by atoms with Crippen molar-refractivity contribution >= 4 is 11.3 Å². The van der Waals surface area contributed by atoms with Gasteiger partial charge in [0.1, 0.15) is 0 Å². The zero-order chi connectivity index (χ0) is 14.5. The normalized spacial score (nSPS) is 17.8. The maximum atomic E-state index is 4.44. The molecule has 0 bridgehead atoms. The number of hydrogen-bond acceptors (Lipinski definition) is 4. The zero-order valence-corrected chi connectivity index (χ0v) is 13.5. The molecular weight excluding hydrogens is 278 g/mol. The quantitative estimate of drug-likeness (QED) is 0.863. The average Bonchev–Trinajstić information content (AvgIpc) is 2.87. The van der Waals surface area contributed by atoms with E-state index in [4.69, 9.17) is 0 Å². The first-order valence-corrected chi connectivity index (χ1v) is 8.61. The van der Waals surface area contributed by atoms with E-state index in [-0.39, 0.29) is 0 Å². The molecule has 2 aromatic rings. The number of nitrogens with zero attached hydrogens (tertiary/aromatic N) is 3. The van der Waals surface area contributed by atoms with Crippen LogP contribution in [-0.4, -0.2) is 47.5 Å². The summed E-state index contributed by atoms with van der Waals surface area (Å²) >= 11 is 1.88. The third-order valence-electron chi connectivity index (χ3n) is 4.09. The Labute approximate surface area is 131 Å². The van der Waals surface area contributed by atoms with Crippen molar-refractivity contribution < 1.29 is 0 Å². The second kappa shape index (κ2) is 7.16. The monoisotopic (exact) mass is 301 g/mol. The molecule has 0 aliphatic carbocycles. The van der Waals surface area contributed by atoms with Gasteiger partial charge in [-0.3, -0.25) is 9.88 Å². The van der Waals surface area contributed by atoms with Crippen molar-refractivity contribution in [1.29, 1.82) is 0 Å². The van der Waals surface area contributed by atoms with Crippen molar-refractivity contribution in [3.8, 4) is 10.6 Å². The maximum absolute atomic E-state index is 4.44. The lowest BCUT2D eigenvalue weighted by molar-refractivity contribution is 0.259. The van der Waals surface area contributed by atoms with Crippen molar-refractivity contribution in [2.75, 3.05) is 32.7 Å². The van der Waals surface area contributed by atoms with Gasteiger partial charge in [-0.15, -0.1) is 11.3 Å². The van der Waals surface area contributed by atoms with E-state index in [9.17, 15) is 0 Å². The lowest BCUT2D eigenvalue weighted by Gasteiger charge is -2.20. The fraction of sp³-hybridized carbons (Fsp3) is 0.471. The predicted octanol–water partition coefficient (Wildman–Crippen LogP) is 3.34. The van der Waals surface area contributed by atoms with Crippen LogP contribution < -0.4 is 0 Å². The van der Waals surface area contributed by atoms with Crippen LogP contribution in [0.3, 0.4) is 0 Å². The summed E-state index contributed by atoms with van der Waals surface area (Å²) < 4.78 is 0. The van der Waals surface area contributed by atoms with Gasteiger partial charge in [-0.25, -0.2) is 0 Å².